The molecule has 6 heteroatoms. The zero-order chi connectivity index (χ0) is 15.9. The van der Waals surface area contributed by atoms with Crippen LogP contribution in [0.15, 0.2) is 54.4 Å². The van der Waals surface area contributed by atoms with Gasteiger partial charge in [-0.25, -0.2) is 9.97 Å². The van der Waals surface area contributed by atoms with Gasteiger partial charge in [-0.2, -0.15) is 0 Å². The zero-order valence-corrected chi connectivity index (χ0v) is 13.5. The molecule has 1 amide bonds. The number of nitrogens with one attached hydrogen (secondary N) is 1. The Morgan fingerprint density at radius 1 is 1.26 bits per heavy atom. The maximum atomic E-state index is 12.1. The van der Waals surface area contributed by atoms with E-state index < -0.39 is 0 Å². The molecule has 0 saturated heterocycles. The lowest BCUT2D eigenvalue weighted by Crippen LogP contribution is -2.25. The van der Waals surface area contributed by atoms with E-state index in [1.165, 1.54) is 16.9 Å². The fourth-order valence-electron chi connectivity index (χ4n) is 2.24. The molecule has 1 aromatic carbocycles. The van der Waals surface area contributed by atoms with Crippen molar-refractivity contribution in [1.29, 1.82) is 0 Å². The number of nitrogens with zero attached hydrogens (tertiary/aromatic N) is 3. The summed E-state index contributed by atoms with van der Waals surface area (Å²) in [7, 11) is 0. The molecule has 0 aliphatic carbocycles. The predicted molar refractivity (Wildman–Crippen MR) is 90.5 cm³/mol. The summed E-state index contributed by atoms with van der Waals surface area (Å²) in [6, 6.07) is 10.1. The molecule has 0 aliphatic heterocycles. The van der Waals surface area contributed by atoms with Crippen molar-refractivity contribution >= 4 is 17.2 Å². The molecule has 0 spiro atoms. The van der Waals surface area contributed by atoms with Gasteiger partial charge in [0.25, 0.3) is 5.91 Å². The number of rotatable bonds is 7. The SMILES string of the molecule is O=C(NCCCn1ccnc1)c1csc(Cc2ccccc2)n1. The molecule has 0 radical (unpaired) electrons. The van der Waals surface area contributed by atoms with Gasteiger partial charge >= 0.3 is 0 Å². The molecule has 118 valence electrons. The quantitative estimate of drug-likeness (QED) is 0.679. The number of thiazole rings is 1. The van der Waals surface area contributed by atoms with Crippen LogP contribution in [0.4, 0.5) is 0 Å². The van der Waals surface area contributed by atoms with Gasteiger partial charge in [-0.1, -0.05) is 30.3 Å². The Kier molecular flexibility index (Phi) is 5.16. The van der Waals surface area contributed by atoms with E-state index in [1.54, 1.807) is 12.5 Å². The van der Waals surface area contributed by atoms with Crippen LogP contribution < -0.4 is 5.32 Å². The average molecular weight is 326 g/mol. The third-order valence-corrected chi connectivity index (χ3v) is 4.27. The topological polar surface area (TPSA) is 59.8 Å². The molecule has 1 N–H and O–H groups in total. The van der Waals surface area contributed by atoms with Gasteiger partial charge in [-0.3, -0.25) is 4.79 Å². The van der Waals surface area contributed by atoms with Gasteiger partial charge in [0.1, 0.15) is 5.69 Å². The van der Waals surface area contributed by atoms with E-state index in [4.69, 9.17) is 0 Å². The summed E-state index contributed by atoms with van der Waals surface area (Å²) < 4.78 is 1.99. The predicted octanol–water partition coefficient (Wildman–Crippen LogP) is 2.75. The number of imidazole rings is 1. The number of hydrogen-bond donors (Lipinski definition) is 1. The first-order chi connectivity index (χ1) is 11.3. The molecular formula is C17H18N4OS. The Bertz CT molecular complexity index is 737. The summed E-state index contributed by atoms with van der Waals surface area (Å²) in [6.45, 7) is 1.47. The van der Waals surface area contributed by atoms with Gasteiger partial charge in [-0.15, -0.1) is 11.3 Å². The maximum absolute atomic E-state index is 12.1. The molecular weight excluding hydrogens is 308 g/mol. The van der Waals surface area contributed by atoms with E-state index in [-0.39, 0.29) is 5.91 Å². The van der Waals surface area contributed by atoms with Gasteiger partial charge < -0.3 is 9.88 Å². The molecule has 0 unspecified atom stereocenters. The van der Waals surface area contributed by atoms with Gasteiger partial charge in [0.15, 0.2) is 0 Å². The first kappa shape index (κ1) is 15.4. The summed E-state index contributed by atoms with van der Waals surface area (Å²) in [5.74, 6) is -0.105. The molecule has 0 fully saturated rings. The monoisotopic (exact) mass is 326 g/mol. The largest absolute Gasteiger partial charge is 0.351 e. The highest BCUT2D eigenvalue weighted by atomic mass is 32.1. The second kappa shape index (κ2) is 7.69. The Hall–Kier alpha value is -2.47. The molecule has 5 nitrogen and oxygen atoms in total. The van der Waals surface area contributed by atoms with E-state index in [0.29, 0.717) is 12.2 Å². The fourth-order valence-corrected chi connectivity index (χ4v) is 3.05. The lowest BCUT2D eigenvalue weighted by molar-refractivity contribution is 0.0948. The summed E-state index contributed by atoms with van der Waals surface area (Å²) in [5.41, 5.74) is 1.71. The summed E-state index contributed by atoms with van der Waals surface area (Å²) in [4.78, 5) is 20.5. The highest BCUT2D eigenvalue weighted by Crippen LogP contribution is 2.14. The van der Waals surface area contributed by atoms with Crippen LogP contribution in [0.25, 0.3) is 0 Å². The second-order valence-corrected chi connectivity index (χ2v) is 6.14. The standard InChI is InChI=1S/C17H18N4OS/c22-17(19-7-4-9-21-10-8-18-13-21)15-12-23-16(20-15)11-14-5-2-1-3-6-14/h1-3,5-6,8,10,12-13H,4,7,9,11H2,(H,19,22). The summed E-state index contributed by atoms with van der Waals surface area (Å²) in [6.07, 6.45) is 7.07. The van der Waals surface area contributed by atoms with E-state index in [1.807, 2.05) is 34.3 Å². The van der Waals surface area contributed by atoms with Crippen molar-refractivity contribution in [2.75, 3.05) is 6.54 Å². The van der Waals surface area contributed by atoms with Gasteiger partial charge in [0.05, 0.1) is 11.3 Å². The van der Waals surface area contributed by atoms with E-state index in [9.17, 15) is 4.79 Å². The first-order valence-electron chi connectivity index (χ1n) is 7.53. The lowest BCUT2D eigenvalue weighted by Gasteiger charge is -2.04. The summed E-state index contributed by atoms with van der Waals surface area (Å²) >= 11 is 1.53. The highest BCUT2D eigenvalue weighted by molar-refractivity contribution is 7.09. The Morgan fingerprint density at radius 2 is 2.13 bits per heavy atom. The second-order valence-electron chi connectivity index (χ2n) is 5.20. The molecule has 0 saturated carbocycles. The van der Waals surface area contributed by atoms with E-state index in [0.717, 1.165) is 24.4 Å². The molecule has 0 bridgehead atoms. The minimum Gasteiger partial charge on any atom is -0.351 e. The number of aryl methyl sites for hydroxylation is 1. The molecule has 0 aliphatic rings. The van der Waals surface area contributed by atoms with Crippen molar-refractivity contribution in [3.05, 3.63) is 70.7 Å². The van der Waals surface area contributed by atoms with Crippen molar-refractivity contribution in [2.45, 2.75) is 19.4 Å². The van der Waals surface area contributed by atoms with Crippen LogP contribution in [0.1, 0.15) is 27.5 Å². The van der Waals surface area contributed by atoms with Crippen LogP contribution in [-0.4, -0.2) is 27.0 Å². The van der Waals surface area contributed by atoms with Gasteiger partial charge in [0, 0.05) is 37.3 Å². The third kappa shape index (κ3) is 4.50. The Balaban J connectivity index is 1.46. The number of aromatic nitrogens is 3. The van der Waals surface area contributed by atoms with Crippen LogP contribution in [0.5, 0.6) is 0 Å². The van der Waals surface area contributed by atoms with Crippen LogP contribution in [-0.2, 0) is 13.0 Å². The zero-order valence-electron chi connectivity index (χ0n) is 12.7. The van der Waals surface area contributed by atoms with E-state index >= 15 is 0 Å². The maximum Gasteiger partial charge on any atom is 0.270 e. The Morgan fingerprint density at radius 3 is 2.91 bits per heavy atom. The minimum atomic E-state index is -0.105. The number of benzene rings is 1. The van der Waals surface area contributed by atoms with Crippen molar-refractivity contribution in [1.82, 2.24) is 19.9 Å². The Labute approximate surface area is 139 Å². The van der Waals surface area contributed by atoms with Crippen LogP contribution >= 0.6 is 11.3 Å². The molecule has 2 heterocycles. The lowest BCUT2D eigenvalue weighted by atomic mass is 10.2. The van der Waals surface area contributed by atoms with Gasteiger partial charge in [-0.05, 0) is 12.0 Å². The fraction of sp³-hybridized carbons (Fsp3) is 0.235. The third-order valence-electron chi connectivity index (χ3n) is 3.42. The smallest absolute Gasteiger partial charge is 0.270 e. The number of amides is 1. The molecule has 0 atom stereocenters. The number of carbonyl (C=O) groups is 1. The number of carbonyl (C=O) groups excluding carboxylic acids is 1. The molecule has 23 heavy (non-hydrogen) atoms. The number of hydrogen-bond acceptors (Lipinski definition) is 4. The van der Waals surface area contributed by atoms with Crippen LogP contribution in [0, 0.1) is 0 Å². The molecule has 3 aromatic rings. The van der Waals surface area contributed by atoms with Crippen LogP contribution in [0.2, 0.25) is 0 Å². The highest BCUT2D eigenvalue weighted by Gasteiger charge is 2.10. The van der Waals surface area contributed by atoms with Crippen LogP contribution in [0.3, 0.4) is 0 Å². The summed E-state index contributed by atoms with van der Waals surface area (Å²) in [5, 5.41) is 5.69. The van der Waals surface area contributed by atoms with Crippen molar-refractivity contribution in [3.63, 3.8) is 0 Å². The molecule has 3 rings (SSSR count). The average Bonchev–Trinajstić information content (AvgIpc) is 3.24. The van der Waals surface area contributed by atoms with E-state index in [2.05, 4.69) is 27.4 Å². The van der Waals surface area contributed by atoms with Crippen molar-refractivity contribution in [3.8, 4) is 0 Å². The van der Waals surface area contributed by atoms with Gasteiger partial charge in [0.2, 0.25) is 0 Å². The van der Waals surface area contributed by atoms with Crippen molar-refractivity contribution < 1.29 is 4.79 Å². The minimum absolute atomic E-state index is 0.105. The molecule has 2 aromatic heterocycles. The first-order valence-corrected chi connectivity index (χ1v) is 8.41. The normalized spacial score (nSPS) is 10.6. The van der Waals surface area contributed by atoms with Crippen molar-refractivity contribution in [2.24, 2.45) is 0 Å².